The van der Waals surface area contributed by atoms with Gasteiger partial charge in [-0.3, -0.25) is 9.20 Å². The number of benzene rings is 1. The number of carbonyl (C=O) groups excluding carboxylic acids is 1. The van der Waals surface area contributed by atoms with E-state index in [-0.39, 0.29) is 17.6 Å². The van der Waals surface area contributed by atoms with Gasteiger partial charge in [-0.05, 0) is 37.1 Å². The van der Waals surface area contributed by atoms with Gasteiger partial charge in [0.1, 0.15) is 5.76 Å². The summed E-state index contributed by atoms with van der Waals surface area (Å²) in [7, 11) is 0. The molecule has 0 radical (unpaired) electrons. The Morgan fingerprint density at radius 1 is 1.15 bits per heavy atom. The van der Waals surface area contributed by atoms with Crippen LogP contribution in [0.25, 0.3) is 5.78 Å². The van der Waals surface area contributed by atoms with Crippen LogP contribution in [0.2, 0.25) is 0 Å². The maximum atomic E-state index is 12.5. The number of aryl methyl sites for hydroxylation is 1. The van der Waals surface area contributed by atoms with Crippen LogP contribution in [0.1, 0.15) is 40.0 Å². The number of furan rings is 1. The summed E-state index contributed by atoms with van der Waals surface area (Å²) in [5, 5.41) is 10.8. The van der Waals surface area contributed by atoms with Gasteiger partial charge in [0, 0.05) is 24.4 Å². The highest BCUT2D eigenvalue weighted by atomic mass is 16.3. The Balaban J connectivity index is 1.46. The molecule has 0 saturated heterocycles. The zero-order valence-electron chi connectivity index (χ0n) is 14.9. The summed E-state index contributed by atoms with van der Waals surface area (Å²) in [6.07, 6.45) is 4.13. The van der Waals surface area contributed by atoms with E-state index in [1.54, 1.807) is 16.9 Å². The van der Waals surface area contributed by atoms with Crippen LogP contribution in [0.3, 0.4) is 0 Å². The van der Waals surface area contributed by atoms with Crippen molar-refractivity contribution >= 4 is 11.7 Å². The van der Waals surface area contributed by atoms with E-state index in [4.69, 9.17) is 4.42 Å². The summed E-state index contributed by atoms with van der Waals surface area (Å²) in [5.74, 6) is 1.31. The predicted molar refractivity (Wildman–Crippen MR) is 99.5 cm³/mol. The highest BCUT2D eigenvalue weighted by Crippen LogP contribution is 2.27. The van der Waals surface area contributed by atoms with E-state index in [0.717, 1.165) is 17.0 Å². The van der Waals surface area contributed by atoms with Gasteiger partial charge in [-0.1, -0.05) is 30.3 Å². The number of rotatable bonds is 6. The molecular weight excluding hydrogens is 342 g/mol. The first-order valence-electron chi connectivity index (χ1n) is 8.77. The van der Waals surface area contributed by atoms with Gasteiger partial charge in [-0.15, -0.1) is 10.2 Å². The largest absolute Gasteiger partial charge is 0.469 e. The molecule has 1 amide bonds. The SMILES string of the molecule is Cc1ccn2c(C(=O)NCC[C@@H](c3ccccc3)c3ccco3)nnc2n1. The highest BCUT2D eigenvalue weighted by molar-refractivity contribution is 5.91. The average Bonchev–Trinajstić information content (AvgIpc) is 3.35. The van der Waals surface area contributed by atoms with Crippen LogP contribution < -0.4 is 5.32 Å². The van der Waals surface area contributed by atoms with Crippen LogP contribution in [-0.2, 0) is 0 Å². The van der Waals surface area contributed by atoms with E-state index in [1.165, 1.54) is 0 Å². The zero-order chi connectivity index (χ0) is 18.6. The molecule has 3 heterocycles. The number of nitrogens with one attached hydrogen (secondary N) is 1. The van der Waals surface area contributed by atoms with Crippen molar-refractivity contribution in [2.75, 3.05) is 6.54 Å². The van der Waals surface area contributed by atoms with Crippen LogP contribution >= 0.6 is 0 Å². The van der Waals surface area contributed by atoms with Gasteiger partial charge in [0.15, 0.2) is 0 Å². The van der Waals surface area contributed by atoms with Crippen LogP contribution in [-0.4, -0.2) is 32.0 Å². The second kappa shape index (κ2) is 7.41. The Bertz CT molecular complexity index is 1040. The molecule has 0 spiro atoms. The fourth-order valence-electron chi connectivity index (χ4n) is 3.09. The average molecular weight is 361 g/mol. The monoisotopic (exact) mass is 361 g/mol. The predicted octanol–water partition coefficient (Wildman–Crippen LogP) is 2.98. The smallest absolute Gasteiger partial charge is 0.289 e. The first-order valence-corrected chi connectivity index (χ1v) is 8.77. The molecule has 27 heavy (non-hydrogen) atoms. The van der Waals surface area contributed by atoms with Crippen molar-refractivity contribution in [3.8, 4) is 0 Å². The maximum Gasteiger partial charge on any atom is 0.289 e. The number of aromatic nitrogens is 4. The van der Waals surface area contributed by atoms with Crippen molar-refractivity contribution in [3.05, 3.63) is 83.8 Å². The Morgan fingerprint density at radius 3 is 2.78 bits per heavy atom. The lowest BCUT2D eigenvalue weighted by Crippen LogP contribution is -2.27. The fourth-order valence-corrected chi connectivity index (χ4v) is 3.09. The number of carbonyl (C=O) groups is 1. The number of nitrogens with zero attached hydrogens (tertiary/aromatic N) is 4. The van der Waals surface area contributed by atoms with Gasteiger partial charge in [0.2, 0.25) is 5.82 Å². The van der Waals surface area contributed by atoms with E-state index in [0.29, 0.717) is 18.7 Å². The van der Waals surface area contributed by atoms with Gasteiger partial charge in [0.05, 0.1) is 6.26 Å². The lowest BCUT2D eigenvalue weighted by molar-refractivity contribution is 0.0941. The number of amides is 1. The van der Waals surface area contributed by atoms with Crippen molar-refractivity contribution in [3.63, 3.8) is 0 Å². The molecule has 0 bridgehead atoms. The van der Waals surface area contributed by atoms with Gasteiger partial charge in [-0.25, -0.2) is 4.98 Å². The molecule has 0 aliphatic carbocycles. The van der Waals surface area contributed by atoms with Crippen molar-refractivity contribution < 1.29 is 9.21 Å². The summed E-state index contributed by atoms with van der Waals surface area (Å²) in [4.78, 5) is 16.8. The van der Waals surface area contributed by atoms with Gasteiger partial charge >= 0.3 is 0 Å². The minimum absolute atomic E-state index is 0.0703. The van der Waals surface area contributed by atoms with Gasteiger partial charge < -0.3 is 9.73 Å². The molecule has 4 rings (SSSR count). The van der Waals surface area contributed by atoms with Gasteiger partial charge in [0.25, 0.3) is 11.7 Å². The summed E-state index contributed by atoms with van der Waals surface area (Å²) >= 11 is 0. The zero-order valence-corrected chi connectivity index (χ0v) is 14.9. The molecule has 4 aromatic rings. The van der Waals surface area contributed by atoms with Crippen molar-refractivity contribution in [2.24, 2.45) is 0 Å². The minimum Gasteiger partial charge on any atom is -0.469 e. The van der Waals surface area contributed by atoms with E-state index < -0.39 is 0 Å². The van der Waals surface area contributed by atoms with Crippen LogP contribution in [0.5, 0.6) is 0 Å². The summed E-state index contributed by atoms with van der Waals surface area (Å²) < 4.78 is 7.19. The van der Waals surface area contributed by atoms with Gasteiger partial charge in [-0.2, -0.15) is 0 Å². The van der Waals surface area contributed by atoms with Crippen molar-refractivity contribution in [1.29, 1.82) is 0 Å². The molecule has 0 saturated carbocycles. The highest BCUT2D eigenvalue weighted by Gasteiger charge is 2.19. The van der Waals surface area contributed by atoms with E-state index >= 15 is 0 Å². The molecule has 0 unspecified atom stereocenters. The minimum atomic E-state index is -0.278. The molecular formula is C20H19N5O2. The van der Waals surface area contributed by atoms with Crippen LogP contribution in [0, 0.1) is 6.92 Å². The molecule has 0 aliphatic heterocycles. The van der Waals surface area contributed by atoms with Crippen molar-refractivity contribution in [1.82, 2.24) is 24.9 Å². The molecule has 0 fully saturated rings. The Hall–Kier alpha value is -3.48. The van der Waals surface area contributed by atoms with Crippen LogP contribution in [0.15, 0.2) is 65.4 Å². The molecule has 0 aliphatic rings. The topological polar surface area (TPSA) is 85.3 Å². The third-order valence-corrected chi connectivity index (χ3v) is 4.43. The normalized spacial score (nSPS) is 12.2. The molecule has 3 aromatic heterocycles. The summed E-state index contributed by atoms with van der Waals surface area (Å²) in [6, 6.07) is 15.8. The van der Waals surface area contributed by atoms with E-state index in [1.807, 2.05) is 43.3 Å². The first-order chi connectivity index (χ1) is 13.2. The second-order valence-electron chi connectivity index (χ2n) is 6.29. The molecule has 1 atom stereocenters. The summed E-state index contributed by atoms with van der Waals surface area (Å²) in [5.41, 5.74) is 1.97. The molecule has 7 heteroatoms. The Morgan fingerprint density at radius 2 is 2.00 bits per heavy atom. The maximum absolute atomic E-state index is 12.5. The second-order valence-corrected chi connectivity index (χ2v) is 6.29. The van der Waals surface area contributed by atoms with E-state index in [9.17, 15) is 4.79 Å². The molecule has 1 aromatic carbocycles. The van der Waals surface area contributed by atoms with E-state index in [2.05, 4.69) is 32.6 Å². The summed E-state index contributed by atoms with van der Waals surface area (Å²) in [6.45, 7) is 2.35. The van der Waals surface area contributed by atoms with Crippen molar-refractivity contribution in [2.45, 2.75) is 19.3 Å². The molecule has 1 N–H and O–H groups in total. The lowest BCUT2D eigenvalue weighted by Gasteiger charge is -2.15. The fraction of sp³-hybridized carbons (Fsp3) is 0.200. The number of hydrogen-bond donors (Lipinski definition) is 1. The quantitative estimate of drug-likeness (QED) is 0.571. The Labute approximate surface area is 156 Å². The lowest BCUT2D eigenvalue weighted by atomic mass is 9.93. The number of hydrogen-bond acceptors (Lipinski definition) is 5. The molecule has 7 nitrogen and oxygen atoms in total. The third-order valence-electron chi connectivity index (χ3n) is 4.43. The molecule has 136 valence electrons. The third kappa shape index (κ3) is 3.57. The Kier molecular flexibility index (Phi) is 4.65. The standard InChI is InChI=1S/C20H19N5O2/c1-14-10-12-25-18(23-24-20(25)22-14)19(26)21-11-9-16(17-8-5-13-27-17)15-6-3-2-4-7-15/h2-8,10,12-13,16H,9,11H2,1H3,(H,21,26)/t16-/m0/s1. The first kappa shape index (κ1) is 17.0. The van der Waals surface area contributed by atoms with Crippen LogP contribution in [0.4, 0.5) is 0 Å². The number of fused-ring (bicyclic) bond motifs is 1.